The van der Waals surface area contributed by atoms with E-state index in [-0.39, 0.29) is 12.5 Å². The molecule has 1 fully saturated rings. The number of nitrogens with zero attached hydrogens (tertiary/aromatic N) is 2. The van der Waals surface area contributed by atoms with Crippen molar-refractivity contribution in [2.45, 2.75) is 51.6 Å². The lowest BCUT2D eigenvalue weighted by atomic mass is 9.79. The molecular formula is C15H26N4O2. The molecular weight excluding hydrogens is 268 g/mol. The molecule has 6 nitrogen and oxygen atoms in total. The number of carbonyl (C=O) groups is 1. The van der Waals surface area contributed by atoms with Gasteiger partial charge in [0.05, 0.1) is 17.0 Å². The molecule has 0 radical (unpaired) electrons. The van der Waals surface area contributed by atoms with Crippen LogP contribution >= 0.6 is 0 Å². The van der Waals surface area contributed by atoms with E-state index in [1.807, 2.05) is 6.92 Å². The Bertz CT molecular complexity index is 526. The van der Waals surface area contributed by atoms with Gasteiger partial charge in [0.2, 0.25) is 0 Å². The number of nitrogen functional groups attached to an aromatic ring is 1. The topological polar surface area (TPSA) is 93.2 Å². The largest absolute Gasteiger partial charge is 0.395 e. The fraction of sp³-hybridized carbons (Fsp3) is 0.733. The SMILES string of the molecule is CCc1nn(C)c(C(=O)NCC2(O)CCCC(C)C2)c1N. The molecule has 1 aliphatic carbocycles. The lowest BCUT2D eigenvalue weighted by Gasteiger charge is -2.35. The van der Waals surface area contributed by atoms with Crippen molar-refractivity contribution in [2.75, 3.05) is 12.3 Å². The fourth-order valence-electron chi connectivity index (χ4n) is 3.25. The van der Waals surface area contributed by atoms with Crippen LogP contribution in [0.4, 0.5) is 5.69 Å². The number of anilines is 1. The van der Waals surface area contributed by atoms with E-state index >= 15 is 0 Å². The van der Waals surface area contributed by atoms with E-state index < -0.39 is 5.60 Å². The number of hydrogen-bond acceptors (Lipinski definition) is 4. The first kappa shape index (κ1) is 15.8. The van der Waals surface area contributed by atoms with Crippen LogP contribution < -0.4 is 11.1 Å². The summed E-state index contributed by atoms with van der Waals surface area (Å²) in [7, 11) is 1.71. The predicted octanol–water partition coefficient (Wildman–Crippen LogP) is 1.24. The third-order valence-corrected chi connectivity index (χ3v) is 4.36. The summed E-state index contributed by atoms with van der Waals surface area (Å²) in [5.41, 5.74) is 6.71. The van der Waals surface area contributed by atoms with Crippen LogP contribution in [0.2, 0.25) is 0 Å². The number of rotatable bonds is 4. The summed E-state index contributed by atoms with van der Waals surface area (Å²) < 4.78 is 1.51. The first-order valence-corrected chi connectivity index (χ1v) is 7.68. The Labute approximate surface area is 125 Å². The highest BCUT2D eigenvalue weighted by Gasteiger charge is 2.33. The van der Waals surface area contributed by atoms with Crippen LogP contribution in [0.1, 0.15) is 55.7 Å². The van der Waals surface area contributed by atoms with Crippen LogP contribution in [0.5, 0.6) is 0 Å². The van der Waals surface area contributed by atoms with Crippen molar-refractivity contribution in [1.82, 2.24) is 15.1 Å². The second kappa shape index (κ2) is 6.05. The van der Waals surface area contributed by atoms with E-state index in [9.17, 15) is 9.90 Å². The molecule has 0 aliphatic heterocycles. The smallest absolute Gasteiger partial charge is 0.271 e. The molecule has 1 aromatic rings. The molecule has 6 heteroatoms. The summed E-state index contributed by atoms with van der Waals surface area (Å²) in [6.07, 6.45) is 4.30. The molecule has 0 spiro atoms. The quantitative estimate of drug-likeness (QED) is 0.779. The first-order valence-electron chi connectivity index (χ1n) is 7.68. The second-order valence-corrected chi connectivity index (χ2v) is 6.29. The molecule has 1 aromatic heterocycles. The molecule has 118 valence electrons. The summed E-state index contributed by atoms with van der Waals surface area (Å²) in [5.74, 6) is 0.225. The maximum Gasteiger partial charge on any atom is 0.271 e. The summed E-state index contributed by atoms with van der Waals surface area (Å²) in [5, 5.41) is 17.6. The zero-order valence-corrected chi connectivity index (χ0v) is 13.1. The zero-order valence-electron chi connectivity index (χ0n) is 13.1. The molecule has 1 amide bonds. The van der Waals surface area contributed by atoms with Crippen LogP contribution in [0.15, 0.2) is 0 Å². The number of nitrogens with one attached hydrogen (secondary N) is 1. The Morgan fingerprint density at radius 2 is 2.33 bits per heavy atom. The minimum atomic E-state index is -0.797. The van der Waals surface area contributed by atoms with Crippen molar-refractivity contribution in [2.24, 2.45) is 13.0 Å². The number of hydrogen-bond donors (Lipinski definition) is 3. The van der Waals surface area contributed by atoms with Gasteiger partial charge in [-0.1, -0.05) is 26.7 Å². The van der Waals surface area contributed by atoms with Crippen LogP contribution in [-0.4, -0.2) is 32.9 Å². The number of nitrogens with two attached hydrogens (primary N) is 1. The van der Waals surface area contributed by atoms with Crippen LogP contribution in [0, 0.1) is 5.92 Å². The number of aromatic nitrogens is 2. The van der Waals surface area contributed by atoms with Gasteiger partial charge in [0.25, 0.3) is 5.91 Å². The van der Waals surface area contributed by atoms with Crippen molar-refractivity contribution in [1.29, 1.82) is 0 Å². The molecule has 2 atom stereocenters. The average molecular weight is 294 g/mol. The molecule has 1 heterocycles. The van der Waals surface area contributed by atoms with Crippen LogP contribution in [-0.2, 0) is 13.5 Å². The molecule has 1 aliphatic rings. The van der Waals surface area contributed by atoms with Crippen LogP contribution in [0.25, 0.3) is 0 Å². The summed E-state index contributed by atoms with van der Waals surface area (Å²) in [6, 6.07) is 0. The normalized spacial score (nSPS) is 25.8. The second-order valence-electron chi connectivity index (χ2n) is 6.29. The highest BCUT2D eigenvalue weighted by Crippen LogP contribution is 2.31. The molecule has 21 heavy (non-hydrogen) atoms. The molecule has 0 saturated heterocycles. The Kier molecular flexibility index (Phi) is 4.56. The predicted molar refractivity (Wildman–Crippen MR) is 81.9 cm³/mol. The van der Waals surface area contributed by atoms with Crippen molar-refractivity contribution < 1.29 is 9.90 Å². The van der Waals surface area contributed by atoms with Crippen molar-refractivity contribution in [3.8, 4) is 0 Å². The monoisotopic (exact) mass is 294 g/mol. The van der Waals surface area contributed by atoms with Gasteiger partial charge in [-0.2, -0.15) is 5.10 Å². The zero-order chi connectivity index (χ0) is 15.6. The maximum atomic E-state index is 12.3. The van der Waals surface area contributed by atoms with E-state index in [0.29, 0.717) is 23.7 Å². The first-order chi connectivity index (χ1) is 9.86. The lowest BCUT2D eigenvalue weighted by molar-refractivity contribution is -0.0110. The number of aryl methyl sites for hydroxylation is 2. The summed E-state index contributed by atoms with van der Waals surface area (Å²) >= 11 is 0. The van der Waals surface area contributed by atoms with Gasteiger partial charge in [0, 0.05) is 13.6 Å². The molecule has 0 aromatic carbocycles. The highest BCUT2D eigenvalue weighted by atomic mass is 16.3. The van der Waals surface area contributed by atoms with Crippen LogP contribution in [0.3, 0.4) is 0 Å². The summed E-state index contributed by atoms with van der Waals surface area (Å²) in [6.45, 7) is 4.35. The molecule has 0 bridgehead atoms. The molecule has 2 unspecified atom stereocenters. The lowest BCUT2D eigenvalue weighted by Crippen LogP contribution is -2.46. The van der Waals surface area contributed by atoms with Crippen molar-refractivity contribution in [3.63, 3.8) is 0 Å². The standard InChI is InChI=1S/C15H26N4O2/c1-4-11-12(16)13(19(3)18-11)14(20)17-9-15(21)7-5-6-10(2)8-15/h10,21H,4-9,16H2,1-3H3,(H,17,20). The van der Waals surface area contributed by atoms with Gasteiger partial charge in [-0.15, -0.1) is 0 Å². The Balaban J connectivity index is 2.03. The van der Waals surface area contributed by atoms with E-state index in [1.54, 1.807) is 7.05 Å². The van der Waals surface area contributed by atoms with Gasteiger partial charge in [0.15, 0.2) is 0 Å². The number of aliphatic hydroxyl groups is 1. The van der Waals surface area contributed by atoms with Gasteiger partial charge in [0.1, 0.15) is 5.69 Å². The Hall–Kier alpha value is -1.56. The maximum absolute atomic E-state index is 12.3. The number of carbonyl (C=O) groups excluding carboxylic acids is 1. The Morgan fingerprint density at radius 1 is 1.62 bits per heavy atom. The third-order valence-electron chi connectivity index (χ3n) is 4.36. The van der Waals surface area contributed by atoms with Gasteiger partial charge < -0.3 is 16.2 Å². The van der Waals surface area contributed by atoms with E-state index in [0.717, 1.165) is 31.4 Å². The van der Waals surface area contributed by atoms with Gasteiger partial charge in [-0.25, -0.2) is 0 Å². The molecule has 1 saturated carbocycles. The minimum absolute atomic E-state index is 0.266. The Morgan fingerprint density at radius 3 is 2.90 bits per heavy atom. The molecule has 4 N–H and O–H groups in total. The van der Waals surface area contributed by atoms with Gasteiger partial charge in [-0.3, -0.25) is 9.48 Å². The van der Waals surface area contributed by atoms with Crippen molar-refractivity contribution in [3.05, 3.63) is 11.4 Å². The number of amides is 1. The third kappa shape index (κ3) is 3.37. The highest BCUT2D eigenvalue weighted by molar-refractivity contribution is 5.98. The molecule has 2 rings (SSSR count). The summed E-state index contributed by atoms with van der Waals surface area (Å²) in [4.78, 5) is 12.3. The average Bonchev–Trinajstić information content (AvgIpc) is 2.70. The minimum Gasteiger partial charge on any atom is -0.395 e. The van der Waals surface area contributed by atoms with Gasteiger partial charge in [-0.05, 0) is 25.2 Å². The van der Waals surface area contributed by atoms with Crippen molar-refractivity contribution >= 4 is 11.6 Å². The van der Waals surface area contributed by atoms with E-state index in [1.165, 1.54) is 4.68 Å². The van der Waals surface area contributed by atoms with Gasteiger partial charge >= 0.3 is 0 Å². The van der Waals surface area contributed by atoms with E-state index in [4.69, 9.17) is 5.73 Å². The van der Waals surface area contributed by atoms with E-state index in [2.05, 4.69) is 17.3 Å². The fourth-order valence-corrected chi connectivity index (χ4v) is 3.25.